The standard InChI is InChI=1S/C19H13FO2/c20-14-7-8-15-13(10-14)6-9-17-18(15)19(21)16(11-22-17)12-4-2-1-3-5-12/h1-11,19,21H. The van der Waals surface area contributed by atoms with Gasteiger partial charge in [-0.1, -0.05) is 42.5 Å². The van der Waals surface area contributed by atoms with Crippen LogP contribution in [0.2, 0.25) is 0 Å². The Balaban J connectivity index is 1.90. The molecule has 0 amide bonds. The third-order valence-electron chi connectivity index (χ3n) is 3.97. The molecular formula is C19H13FO2. The highest BCUT2D eigenvalue weighted by Gasteiger charge is 2.26. The summed E-state index contributed by atoms with van der Waals surface area (Å²) in [7, 11) is 0. The maximum absolute atomic E-state index is 13.4. The second-order valence-electron chi connectivity index (χ2n) is 5.30. The van der Waals surface area contributed by atoms with Crippen LogP contribution in [0.1, 0.15) is 17.2 Å². The van der Waals surface area contributed by atoms with Crippen LogP contribution < -0.4 is 4.74 Å². The number of benzene rings is 3. The molecule has 4 rings (SSSR count). The van der Waals surface area contributed by atoms with E-state index in [0.717, 1.165) is 16.3 Å². The van der Waals surface area contributed by atoms with E-state index in [1.54, 1.807) is 24.5 Å². The van der Waals surface area contributed by atoms with Gasteiger partial charge in [-0.25, -0.2) is 4.39 Å². The van der Waals surface area contributed by atoms with Crippen molar-refractivity contribution < 1.29 is 14.2 Å². The first-order chi connectivity index (χ1) is 10.7. The smallest absolute Gasteiger partial charge is 0.133 e. The molecule has 1 aliphatic heterocycles. The lowest BCUT2D eigenvalue weighted by molar-refractivity contribution is 0.226. The Labute approximate surface area is 127 Å². The Hall–Kier alpha value is -2.65. The largest absolute Gasteiger partial charge is 0.464 e. The lowest BCUT2D eigenvalue weighted by atomic mass is 9.90. The van der Waals surface area contributed by atoms with Crippen molar-refractivity contribution in [3.8, 4) is 5.75 Å². The molecule has 0 saturated heterocycles. The van der Waals surface area contributed by atoms with E-state index >= 15 is 0 Å². The van der Waals surface area contributed by atoms with Crippen LogP contribution in [0.15, 0.2) is 66.9 Å². The number of rotatable bonds is 1. The van der Waals surface area contributed by atoms with Gasteiger partial charge in [-0.15, -0.1) is 0 Å². The molecule has 0 saturated carbocycles. The van der Waals surface area contributed by atoms with Gasteiger partial charge < -0.3 is 9.84 Å². The summed E-state index contributed by atoms with van der Waals surface area (Å²) < 4.78 is 19.1. The Bertz CT molecular complexity index is 885. The molecule has 0 spiro atoms. The summed E-state index contributed by atoms with van der Waals surface area (Å²) in [5.41, 5.74) is 2.28. The quantitative estimate of drug-likeness (QED) is 0.718. The van der Waals surface area contributed by atoms with E-state index in [1.807, 2.05) is 30.3 Å². The monoisotopic (exact) mass is 292 g/mol. The van der Waals surface area contributed by atoms with E-state index in [-0.39, 0.29) is 5.82 Å². The third-order valence-corrected chi connectivity index (χ3v) is 3.97. The van der Waals surface area contributed by atoms with E-state index in [9.17, 15) is 9.50 Å². The van der Waals surface area contributed by atoms with Crippen molar-refractivity contribution in [2.75, 3.05) is 0 Å². The molecule has 0 bridgehead atoms. The predicted octanol–water partition coefficient (Wildman–Crippen LogP) is 4.45. The van der Waals surface area contributed by atoms with Gasteiger partial charge in [-0.3, -0.25) is 0 Å². The number of aliphatic hydroxyl groups is 1. The number of hydrogen-bond acceptors (Lipinski definition) is 2. The number of halogens is 1. The topological polar surface area (TPSA) is 29.5 Å². The lowest BCUT2D eigenvalue weighted by Gasteiger charge is -2.24. The molecule has 3 aromatic rings. The van der Waals surface area contributed by atoms with E-state index in [0.29, 0.717) is 16.9 Å². The molecule has 1 unspecified atom stereocenters. The summed E-state index contributed by atoms with van der Waals surface area (Å²) in [5.74, 6) is 0.309. The highest BCUT2D eigenvalue weighted by atomic mass is 19.1. The van der Waals surface area contributed by atoms with Gasteiger partial charge in [0, 0.05) is 11.1 Å². The van der Waals surface area contributed by atoms with Crippen LogP contribution in [-0.2, 0) is 0 Å². The molecule has 0 aromatic heterocycles. The number of fused-ring (bicyclic) bond motifs is 3. The van der Waals surface area contributed by atoms with Crippen molar-refractivity contribution in [3.05, 3.63) is 83.9 Å². The second-order valence-corrected chi connectivity index (χ2v) is 5.30. The summed E-state index contributed by atoms with van der Waals surface area (Å²) in [6, 6.07) is 17.7. The fourth-order valence-electron chi connectivity index (χ4n) is 2.89. The fraction of sp³-hybridized carbons (Fsp3) is 0.0526. The zero-order valence-electron chi connectivity index (χ0n) is 11.7. The van der Waals surface area contributed by atoms with Crippen molar-refractivity contribution in [3.63, 3.8) is 0 Å². The minimum Gasteiger partial charge on any atom is -0.464 e. The van der Waals surface area contributed by atoms with Crippen LogP contribution in [0.3, 0.4) is 0 Å². The SMILES string of the molecule is OC1C(c2ccccc2)=COc2ccc3cc(F)ccc3c21. The van der Waals surface area contributed by atoms with Gasteiger partial charge in [0.05, 0.1) is 6.26 Å². The predicted molar refractivity (Wildman–Crippen MR) is 83.9 cm³/mol. The van der Waals surface area contributed by atoms with Crippen LogP contribution in [0.5, 0.6) is 5.75 Å². The molecule has 22 heavy (non-hydrogen) atoms. The first kappa shape index (κ1) is 13.0. The van der Waals surface area contributed by atoms with Crippen molar-refractivity contribution in [2.24, 2.45) is 0 Å². The molecule has 0 fully saturated rings. The first-order valence-corrected chi connectivity index (χ1v) is 7.06. The van der Waals surface area contributed by atoms with Gasteiger partial charge in [0.15, 0.2) is 0 Å². The zero-order chi connectivity index (χ0) is 15.1. The maximum atomic E-state index is 13.4. The third kappa shape index (κ3) is 1.98. The minimum atomic E-state index is -0.805. The summed E-state index contributed by atoms with van der Waals surface area (Å²) >= 11 is 0. The molecular weight excluding hydrogens is 279 g/mol. The molecule has 0 radical (unpaired) electrons. The Morgan fingerprint density at radius 2 is 1.77 bits per heavy atom. The lowest BCUT2D eigenvalue weighted by Crippen LogP contribution is -2.10. The molecule has 1 heterocycles. The van der Waals surface area contributed by atoms with Crippen LogP contribution in [0, 0.1) is 5.82 Å². The van der Waals surface area contributed by atoms with E-state index < -0.39 is 6.10 Å². The van der Waals surface area contributed by atoms with Gasteiger partial charge in [0.25, 0.3) is 0 Å². The molecule has 108 valence electrons. The van der Waals surface area contributed by atoms with Crippen LogP contribution in [0.25, 0.3) is 16.3 Å². The molecule has 1 atom stereocenters. The van der Waals surface area contributed by atoms with Crippen LogP contribution in [-0.4, -0.2) is 5.11 Å². The summed E-state index contributed by atoms with van der Waals surface area (Å²) in [4.78, 5) is 0. The molecule has 0 aliphatic carbocycles. The van der Waals surface area contributed by atoms with Crippen molar-refractivity contribution in [1.82, 2.24) is 0 Å². The molecule has 1 aliphatic rings. The average Bonchev–Trinajstić information content (AvgIpc) is 2.55. The summed E-state index contributed by atoms with van der Waals surface area (Å²) in [6.45, 7) is 0. The van der Waals surface area contributed by atoms with E-state index in [4.69, 9.17) is 4.74 Å². The molecule has 2 nitrogen and oxygen atoms in total. The van der Waals surface area contributed by atoms with Crippen LogP contribution in [0.4, 0.5) is 4.39 Å². The van der Waals surface area contributed by atoms with Crippen molar-refractivity contribution in [1.29, 1.82) is 0 Å². The zero-order valence-corrected chi connectivity index (χ0v) is 11.7. The second kappa shape index (κ2) is 4.97. The Morgan fingerprint density at radius 1 is 0.955 bits per heavy atom. The molecule has 3 aromatic carbocycles. The van der Waals surface area contributed by atoms with E-state index in [1.165, 1.54) is 12.1 Å². The summed E-state index contributed by atoms with van der Waals surface area (Å²) in [6.07, 6.45) is 0.776. The van der Waals surface area contributed by atoms with Crippen LogP contribution >= 0.6 is 0 Å². The number of aliphatic hydroxyl groups excluding tert-OH is 1. The maximum Gasteiger partial charge on any atom is 0.133 e. The van der Waals surface area contributed by atoms with Crippen molar-refractivity contribution >= 4 is 16.3 Å². The van der Waals surface area contributed by atoms with Gasteiger partial charge in [-0.05, 0) is 34.5 Å². The highest BCUT2D eigenvalue weighted by molar-refractivity contribution is 5.91. The normalized spacial score (nSPS) is 16.8. The Morgan fingerprint density at radius 3 is 2.59 bits per heavy atom. The van der Waals surface area contributed by atoms with Gasteiger partial charge in [0.1, 0.15) is 17.7 Å². The molecule has 1 N–H and O–H groups in total. The number of hydrogen-bond donors (Lipinski definition) is 1. The summed E-state index contributed by atoms with van der Waals surface area (Å²) in [5, 5.41) is 12.3. The fourth-order valence-corrected chi connectivity index (χ4v) is 2.89. The molecule has 3 heteroatoms. The average molecular weight is 292 g/mol. The highest BCUT2D eigenvalue weighted by Crippen LogP contribution is 2.43. The number of ether oxygens (including phenoxy) is 1. The van der Waals surface area contributed by atoms with Gasteiger partial charge >= 0.3 is 0 Å². The minimum absolute atomic E-state index is 0.294. The van der Waals surface area contributed by atoms with Crippen molar-refractivity contribution in [2.45, 2.75) is 6.10 Å². The first-order valence-electron chi connectivity index (χ1n) is 7.06. The van der Waals surface area contributed by atoms with E-state index in [2.05, 4.69) is 0 Å². The van der Waals surface area contributed by atoms with Gasteiger partial charge in [-0.2, -0.15) is 0 Å². The van der Waals surface area contributed by atoms with Gasteiger partial charge in [0.2, 0.25) is 0 Å². The Kier molecular flexibility index (Phi) is 2.94.